The maximum Gasteiger partial charge on any atom is 0.312 e. The van der Waals surface area contributed by atoms with E-state index in [0.717, 1.165) is 0 Å². The normalized spacial score (nSPS) is 13.7. The van der Waals surface area contributed by atoms with Crippen molar-refractivity contribution in [3.05, 3.63) is 12.8 Å². The molecule has 0 aliphatic heterocycles. The van der Waals surface area contributed by atoms with E-state index in [1.165, 1.54) is 14.2 Å². The fourth-order valence-electron chi connectivity index (χ4n) is 1.15. The number of esters is 2. The van der Waals surface area contributed by atoms with Crippen LogP contribution in [0.1, 0.15) is 20.3 Å². The quantitative estimate of drug-likeness (QED) is 0.575. The molecule has 0 spiro atoms. The molecule has 2 radical (unpaired) electrons. The molecule has 0 N–H and O–H groups in total. The van der Waals surface area contributed by atoms with E-state index in [1.807, 2.05) is 0 Å². The van der Waals surface area contributed by atoms with Crippen molar-refractivity contribution in [1.82, 2.24) is 0 Å². The van der Waals surface area contributed by atoms with E-state index in [1.54, 1.807) is 13.8 Å². The van der Waals surface area contributed by atoms with E-state index in [-0.39, 0.29) is 39.1 Å². The molecule has 84 valence electrons. The Hall–Kier alpha value is 0.0439. The summed E-state index contributed by atoms with van der Waals surface area (Å²) in [6.45, 7) is 6.92. The molecule has 0 aliphatic carbocycles. The Kier molecular flexibility index (Phi) is 8.53. The minimum absolute atomic E-state index is 0. The van der Waals surface area contributed by atoms with Gasteiger partial charge in [0.2, 0.25) is 0 Å². The monoisotopic (exact) mass is 289 g/mol. The topological polar surface area (TPSA) is 52.6 Å². The molecule has 1 unspecified atom stereocenters. The first kappa shape index (κ1) is 17.4. The van der Waals surface area contributed by atoms with Crippen molar-refractivity contribution < 1.29 is 51.8 Å². The predicted molar refractivity (Wildman–Crippen MR) is 51.0 cm³/mol. The maximum absolute atomic E-state index is 11.2. The Labute approximate surface area is 116 Å². The fraction of sp³-hybridized carbons (Fsp3) is 0.600. The molecule has 0 saturated carbocycles. The van der Waals surface area contributed by atoms with Crippen LogP contribution in [-0.4, -0.2) is 26.2 Å². The number of carbonyl (C=O) groups excluding carboxylic acids is 2. The van der Waals surface area contributed by atoms with Gasteiger partial charge in [0.25, 0.3) is 5.97 Å². The van der Waals surface area contributed by atoms with Crippen LogP contribution in [0.4, 0.5) is 0 Å². The molecule has 5 heteroatoms. The van der Waals surface area contributed by atoms with E-state index >= 15 is 0 Å². The van der Waals surface area contributed by atoms with Crippen molar-refractivity contribution in [2.45, 2.75) is 20.3 Å². The van der Waals surface area contributed by atoms with Crippen LogP contribution in [0.5, 0.6) is 0 Å². The number of rotatable bonds is 4. The largest absolute Gasteiger partial charge is 0.471 e. The first-order valence-electron chi connectivity index (χ1n) is 4.19. The number of carbonyl (C=O) groups is 2. The number of hydrogen-bond acceptors (Lipinski definition) is 4. The van der Waals surface area contributed by atoms with E-state index in [4.69, 9.17) is 0 Å². The van der Waals surface area contributed by atoms with Crippen molar-refractivity contribution >= 4 is 11.9 Å². The van der Waals surface area contributed by atoms with E-state index < -0.39 is 17.4 Å². The number of hydrogen-bond donors (Lipinski definition) is 0. The Morgan fingerprint density at radius 2 is 1.73 bits per heavy atom. The minimum Gasteiger partial charge on any atom is -0.471 e. The van der Waals surface area contributed by atoms with Crippen LogP contribution >= 0.6 is 0 Å². The summed E-state index contributed by atoms with van der Waals surface area (Å²) in [7, 11) is 2.59. The summed E-state index contributed by atoms with van der Waals surface area (Å²) in [6.07, 6.45) is 0.229. The van der Waals surface area contributed by atoms with Gasteiger partial charge in [-0.15, -0.1) is 0 Å². The van der Waals surface area contributed by atoms with Gasteiger partial charge in [0.05, 0.1) is 20.1 Å². The Bertz CT molecular complexity index is 225. The first-order chi connectivity index (χ1) is 6.35. The van der Waals surface area contributed by atoms with Gasteiger partial charge in [-0.2, -0.15) is 0 Å². The zero-order chi connectivity index (χ0) is 11.4. The van der Waals surface area contributed by atoms with Crippen molar-refractivity contribution in [2.24, 2.45) is 5.41 Å². The summed E-state index contributed by atoms with van der Waals surface area (Å²) in [5.41, 5.74) is -0.937. The average Bonchev–Trinajstić information content (AvgIpc) is 2.14. The zero-order valence-corrected chi connectivity index (χ0v) is 12.5. The van der Waals surface area contributed by atoms with Gasteiger partial charge in [-0.1, -0.05) is 12.3 Å². The summed E-state index contributed by atoms with van der Waals surface area (Å²) >= 11 is 0. The summed E-state index contributed by atoms with van der Waals surface area (Å²) in [5.74, 6) is -0.417. The van der Waals surface area contributed by atoms with Gasteiger partial charge in [-0.3, -0.25) is 9.59 Å². The van der Waals surface area contributed by atoms with Crippen molar-refractivity contribution in [3.63, 3.8) is 0 Å². The first-order valence-corrected chi connectivity index (χ1v) is 4.19. The van der Waals surface area contributed by atoms with Gasteiger partial charge in [-0.25, -0.2) is 0 Å². The van der Waals surface area contributed by atoms with Crippen LogP contribution in [0.15, 0.2) is 0 Å². The smallest absolute Gasteiger partial charge is 0.312 e. The molecule has 0 aliphatic rings. The molecule has 4 nitrogen and oxygen atoms in total. The third kappa shape index (κ3) is 5.62. The van der Waals surface area contributed by atoms with E-state index in [0.29, 0.717) is 5.92 Å². The molecular weight excluding hydrogens is 273 g/mol. The summed E-state index contributed by atoms with van der Waals surface area (Å²) < 4.78 is 9.08. The molecule has 0 heterocycles. The molecule has 1 atom stereocenters. The second kappa shape index (κ2) is 7.34. The molecule has 0 aromatic carbocycles. The Balaban J connectivity index is 0. The van der Waals surface area contributed by atoms with Crippen LogP contribution < -0.4 is 0 Å². The second-order valence-electron chi connectivity index (χ2n) is 3.50. The van der Waals surface area contributed by atoms with Crippen molar-refractivity contribution in [1.29, 1.82) is 0 Å². The summed E-state index contributed by atoms with van der Waals surface area (Å²) in [6, 6.07) is 0. The van der Waals surface area contributed by atoms with Gasteiger partial charge >= 0.3 is 5.97 Å². The molecule has 0 aromatic heterocycles. The van der Waals surface area contributed by atoms with Gasteiger partial charge in [0.1, 0.15) is 0 Å². The molecule has 0 bridgehead atoms. The van der Waals surface area contributed by atoms with Crippen LogP contribution in [0.3, 0.4) is 0 Å². The molecule has 0 fully saturated rings. The molecule has 15 heavy (non-hydrogen) atoms. The molecular formula is C10H16O4Y-. The van der Waals surface area contributed by atoms with Crippen molar-refractivity contribution in [2.75, 3.05) is 14.2 Å². The van der Waals surface area contributed by atoms with Gasteiger partial charge in [0, 0.05) is 32.7 Å². The Morgan fingerprint density at radius 3 is 2.07 bits per heavy atom. The summed E-state index contributed by atoms with van der Waals surface area (Å²) in [4.78, 5) is 22.3. The van der Waals surface area contributed by atoms with Crippen LogP contribution in [-0.2, 0) is 51.8 Å². The van der Waals surface area contributed by atoms with Gasteiger partial charge < -0.3 is 16.4 Å². The Morgan fingerprint density at radius 1 is 1.27 bits per heavy atom. The number of ether oxygens (including phenoxy) is 2. The molecule has 0 amide bonds. The third-order valence-electron chi connectivity index (χ3n) is 1.87. The maximum atomic E-state index is 11.2. The molecule has 0 aromatic rings. The van der Waals surface area contributed by atoms with E-state index in [2.05, 4.69) is 16.4 Å². The number of methoxy groups -OCH3 is 2. The van der Waals surface area contributed by atoms with Crippen LogP contribution in [0.25, 0.3) is 0 Å². The van der Waals surface area contributed by atoms with Gasteiger partial charge in [-0.05, 0) is 13.3 Å². The van der Waals surface area contributed by atoms with Crippen molar-refractivity contribution in [3.8, 4) is 0 Å². The zero-order valence-electron chi connectivity index (χ0n) is 9.62. The fourth-order valence-corrected chi connectivity index (χ4v) is 1.15. The van der Waals surface area contributed by atoms with Crippen LogP contribution in [0, 0.1) is 18.3 Å². The minimum atomic E-state index is -0.937. The van der Waals surface area contributed by atoms with E-state index in [9.17, 15) is 9.59 Å². The van der Waals surface area contributed by atoms with Crippen LogP contribution in [0.2, 0.25) is 0 Å². The SMILES string of the molecule is [CH2-]C(C)(C[C](C)C(=O)OC)C(=O)OC.[Y]. The molecule has 0 saturated heterocycles. The predicted octanol–water partition coefficient (Wildman–Crippen LogP) is 1.15. The molecule has 0 rings (SSSR count). The second-order valence-corrected chi connectivity index (χ2v) is 3.50. The van der Waals surface area contributed by atoms with Gasteiger partial charge in [0.15, 0.2) is 0 Å². The average molecular weight is 289 g/mol. The standard InChI is InChI=1S/C10H16O4.Y/c1-7(8(11)13-4)6-10(2,3)9(12)14-5;/h2,6H2,1,3-5H3;/q-1;. The summed E-state index contributed by atoms with van der Waals surface area (Å²) in [5, 5.41) is 0. The third-order valence-corrected chi connectivity index (χ3v) is 1.87.